The van der Waals surface area contributed by atoms with Gasteiger partial charge in [-0.25, -0.2) is 4.98 Å². The third kappa shape index (κ3) is 4.27. The highest BCUT2D eigenvalue weighted by molar-refractivity contribution is 6.30. The summed E-state index contributed by atoms with van der Waals surface area (Å²) in [6, 6.07) is 3.07. The van der Waals surface area contributed by atoms with Crippen molar-refractivity contribution in [3.8, 4) is 0 Å². The molecule has 1 saturated carbocycles. The number of anilines is 1. The number of amides is 3. The molecule has 9 heteroatoms. The van der Waals surface area contributed by atoms with E-state index in [0.717, 1.165) is 17.7 Å². The first-order valence-electron chi connectivity index (χ1n) is 8.84. The van der Waals surface area contributed by atoms with Crippen molar-refractivity contribution in [3.63, 3.8) is 0 Å². The van der Waals surface area contributed by atoms with Crippen LogP contribution in [0.4, 0.5) is 5.82 Å². The van der Waals surface area contributed by atoms with Crippen LogP contribution in [0.2, 0.25) is 5.02 Å². The molecule has 1 aromatic rings. The summed E-state index contributed by atoms with van der Waals surface area (Å²) in [6.07, 6.45) is 3.44. The van der Waals surface area contributed by atoms with Crippen LogP contribution >= 0.6 is 11.6 Å². The van der Waals surface area contributed by atoms with Crippen LogP contribution in [0, 0.1) is 11.8 Å². The highest BCUT2D eigenvalue weighted by atomic mass is 35.5. The molecular weight excluding hydrogens is 374 g/mol. The summed E-state index contributed by atoms with van der Waals surface area (Å²) in [4.78, 5) is 53.9. The van der Waals surface area contributed by atoms with Crippen molar-refractivity contribution in [2.24, 2.45) is 11.8 Å². The van der Waals surface area contributed by atoms with Crippen molar-refractivity contribution in [2.45, 2.75) is 38.7 Å². The van der Waals surface area contributed by atoms with Crippen molar-refractivity contribution in [1.29, 1.82) is 0 Å². The average molecular weight is 394 g/mol. The molecule has 0 spiro atoms. The van der Waals surface area contributed by atoms with Gasteiger partial charge >= 0.3 is 5.97 Å². The Kier molecular flexibility index (Phi) is 5.74. The fourth-order valence-corrected chi connectivity index (χ4v) is 3.59. The van der Waals surface area contributed by atoms with E-state index in [1.165, 1.54) is 19.2 Å². The number of carbonyl (C=O) groups is 4. The van der Waals surface area contributed by atoms with E-state index in [4.69, 9.17) is 16.3 Å². The van der Waals surface area contributed by atoms with Crippen LogP contribution in [0.25, 0.3) is 0 Å². The number of nitrogens with one attached hydrogen (secondary N) is 1. The molecule has 2 aliphatic rings. The monoisotopic (exact) mass is 393 g/mol. The maximum atomic E-state index is 12.4. The summed E-state index contributed by atoms with van der Waals surface area (Å²) in [7, 11) is 0. The quantitative estimate of drug-likeness (QED) is 0.603. The van der Waals surface area contributed by atoms with Gasteiger partial charge in [0.15, 0.2) is 6.10 Å². The molecule has 2 fully saturated rings. The molecule has 0 aromatic carbocycles. The molecule has 3 amide bonds. The van der Waals surface area contributed by atoms with Gasteiger partial charge in [-0.3, -0.25) is 24.1 Å². The van der Waals surface area contributed by atoms with E-state index in [1.807, 2.05) is 0 Å². The first-order valence-corrected chi connectivity index (χ1v) is 9.21. The van der Waals surface area contributed by atoms with E-state index in [9.17, 15) is 19.2 Å². The second-order valence-electron chi connectivity index (χ2n) is 6.74. The minimum Gasteiger partial charge on any atom is -0.451 e. The molecule has 1 aliphatic carbocycles. The molecular formula is C18H20ClN3O5. The van der Waals surface area contributed by atoms with Crippen molar-refractivity contribution in [1.82, 2.24) is 9.88 Å². The van der Waals surface area contributed by atoms with Gasteiger partial charge in [-0.15, -0.1) is 0 Å². The molecule has 0 unspecified atom stereocenters. The maximum absolute atomic E-state index is 12.4. The lowest BCUT2D eigenvalue weighted by Gasteiger charge is -2.19. The third-order valence-electron chi connectivity index (χ3n) is 4.88. The molecule has 1 aliphatic heterocycles. The van der Waals surface area contributed by atoms with Crippen LogP contribution in [-0.2, 0) is 23.9 Å². The van der Waals surface area contributed by atoms with Gasteiger partial charge in [0.1, 0.15) is 12.4 Å². The summed E-state index contributed by atoms with van der Waals surface area (Å²) in [5.74, 6) is -2.39. The number of imide groups is 1. The predicted molar refractivity (Wildman–Crippen MR) is 95.6 cm³/mol. The molecule has 27 heavy (non-hydrogen) atoms. The largest absolute Gasteiger partial charge is 0.451 e. The third-order valence-corrected chi connectivity index (χ3v) is 5.10. The minimum atomic E-state index is -1.11. The number of pyridine rings is 1. The summed E-state index contributed by atoms with van der Waals surface area (Å²) in [5, 5.41) is 2.92. The Balaban J connectivity index is 1.53. The Morgan fingerprint density at radius 1 is 1.26 bits per heavy atom. The average Bonchev–Trinajstić information content (AvgIpc) is 2.89. The van der Waals surface area contributed by atoms with Crippen LogP contribution < -0.4 is 5.32 Å². The molecule has 1 aromatic heterocycles. The van der Waals surface area contributed by atoms with Crippen molar-refractivity contribution in [2.75, 3.05) is 11.9 Å². The Morgan fingerprint density at radius 2 is 1.89 bits per heavy atom. The smallest absolute Gasteiger partial charge is 0.326 e. The van der Waals surface area contributed by atoms with Gasteiger partial charge in [0.25, 0.3) is 5.91 Å². The number of hydrogen-bond donors (Lipinski definition) is 1. The lowest BCUT2D eigenvalue weighted by Crippen LogP contribution is -2.39. The number of halogens is 1. The minimum absolute atomic E-state index is 0.265. The number of nitrogens with zero attached hydrogens (tertiary/aromatic N) is 2. The number of ether oxygens (including phenoxy) is 1. The van der Waals surface area contributed by atoms with Gasteiger partial charge in [0, 0.05) is 6.20 Å². The highest BCUT2D eigenvalue weighted by Gasteiger charge is 2.48. The number of fused-ring (bicyclic) bond motifs is 1. The number of rotatable bonds is 5. The fraction of sp³-hybridized carbons (Fsp3) is 0.500. The van der Waals surface area contributed by atoms with Crippen LogP contribution in [0.15, 0.2) is 18.3 Å². The molecule has 3 rings (SSSR count). The number of hydrogen-bond acceptors (Lipinski definition) is 6. The Labute approximate surface area is 161 Å². The molecule has 1 N–H and O–H groups in total. The standard InChI is InChI=1S/C18H20ClN3O5/c1-10(16(24)21-14-7-6-11(19)8-20-14)27-15(23)9-22-17(25)12-4-2-3-5-13(12)18(22)26/h6-8,10,12-13H,2-5,9H2,1H3,(H,20,21,24)/t10-,12+,13+/m1/s1. The predicted octanol–water partition coefficient (Wildman–Crippen LogP) is 1.78. The second kappa shape index (κ2) is 8.04. The zero-order valence-electron chi connectivity index (χ0n) is 14.8. The molecule has 0 bridgehead atoms. The van der Waals surface area contributed by atoms with Gasteiger partial charge in [-0.05, 0) is 31.9 Å². The van der Waals surface area contributed by atoms with E-state index < -0.39 is 24.5 Å². The molecule has 2 heterocycles. The highest BCUT2D eigenvalue weighted by Crippen LogP contribution is 2.37. The first-order chi connectivity index (χ1) is 12.9. The van der Waals surface area contributed by atoms with Crippen molar-refractivity contribution in [3.05, 3.63) is 23.4 Å². The Bertz CT molecular complexity index is 743. The van der Waals surface area contributed by atoms with E-state index >= 15 is 0 Å². The van der Waals surface area contributed by atoms with Gasteiger partial charge in [-0.1, -0.05) is 24.4 Å². The van der Waals surface area contributed by atoms with Crippen LogP contribution in [-0.4, -0.2) is 46.2 Å². The number of likely N-dealkylation sites (tertiary alicyclic amines) is 1. The lowest BCUT2D eigenvalue weighted by molar-refractivity contribution is -0.158. The lowest BCUT2D eigenvalue weighted by atomic mass is 9.81. The van der Waals surface area contributed by atoms with E-state index in [-0.39, 0.29) is 29.5 Å². The normalized spacial score (nSPS) is 23.0. The van der Waals surface area contributed by atoms with Crippen LogP contribution in [0.1, 0.15) is 32.6 Å². The summed E-state index contributed by atoms with van der Waals surface area (Å²) in [6.45, 7) is 0.929. The van der Waals surface area contributed by atoms with Gasteiger partial charge in [-0.2, -0.15) is 0 Å². The van der Waals surface area contributed by atoms with E-state index in [1.54, 1.807) is 6.07 Å². The number of carbonyl (C=O) groups excluding carboxylic acids is 4. The Hall–Kier alpha value is -2.48. The molecule has 144 valence electrons. The summed E-state index contributed by atoms with van der Waals surface area (Å²) >= 11 is 5.73. The Morgan fingerprint density at radius 3 is 2.44 bits per heavy atom. The van der Waals surface area contributed by atoms with Crippen LogP contribution in [0.3, 0.4) is 0 Å². The first kappa shape index (κ1) is 19.3. The zero-order chi connectivity index (χ0) is 19.6. The second-order valence-corrected chi connectivity index (χ2v) is 7.18. The molecule has 8 nitrogen and oxygen atoms in total. The van der Waals surface area contributed by atoms with Gasteiger partial charge < -0.3 is 10.1 Å². The summed E-state index contributed by atoms with van der Waals surface area (Å²) < 4.78 is 5.07. The van der Waals surface area contributed by atoms with Gasteiger partial charge in [0.2, 0.25) is 11.8 Å². The fourth-order valence-electron chi connectivity index (χ4n) is 3.48. The number of esters is 1. The van der Waals surface area contributed by atoms with E-state index in [0.29, 0.717) is 17.9 Å². The SMILES string of the molecule is C[C@@H](OC(=O)CN1C(=O)[C@H]2CCCC[C@@H]2C1=O)C(=O)Nc1ccc(Cl)cn1. The molecule has 0 radical (unpaired) electrons. The maximum Gasteiger partial charge on any atom is 0.326 e. The van der Waals surface area contributed by atoms with Crippen molar-refractivity contribution >= 4 is 41.1 Å². The molecule has 1 saturated heterocycles. The van der Waals surface area contributed by atoms with Crippen LogP contribution in [0.5, 0.6) is 0 Å². The number of aromatic nitrogens is 1. The van der Waals surface area contributed by atoms with E-state index in [2.05, 4.69) is 10.3 Å². The summed E-state index contributed by atoms with van der Waals surface area (Å²) in [5.41, 5.74) is 0. The topological polar surface area (TPSA) is 106 Å². The van der Waals surface area contributed by atoms with Crippen molar-refractivity contribution < 1.29 is 23.9 Å². The van der Waals surface area contributed by atoms with Gasteiger partial charge in [0.05, 0.1) is 16.9 Å². The zero-order valence-corrected chi connectivity index (χ0v) is 15.6. The molecule has 3 atom stereocenters.